The molecule has 2 rings (SSSR count). The van der Waals surface area contributed by atoms with Crippen molar-refractivity contribution in [3.63, 3.8) is 0 Å². The van der Waals surface area contributed by atoms with E-state index in [1.54, 1.807) is 0 Å². The number of nitrogens with one attached hydrogen (secondary N) is 2. The highest BCUT2D eigenvalue weighted by Gasteiger charge is 2.21. The van der Waals surface area contributed by atoms with Crippen LogP contribution in [0.25, 0.3) is 0 Å². The average molecular weight is 306 g/mol. The van der Waals surface area contributed by atoms with E-state index in [0.717, 1.165) is 23.2 Å². The fourth-order valence-electron chi connectivity index (χ4n) is 2.28. The lowest BCUT2D eigenvalue weighted by molar-refractivity contribution is 0.0339. The van der Waals surface area contributed by atoms with Gasteiger partial charge in [-0.2, -0.15) is 0 Å². The summed E-state index contributed by atoms with van der Waals surface area (Å²) in [6.07, 6.45) is 2.64. The van der Waals surface area contributed by atoms with Crippen molar-refractivity contribution in [1.29, 1.82) is 0 Å². The predicted molar refractivity (Wildman–Crippen MR) is 87.1 cm³/mol. The quantitative estimate of drug-likeness (QED) is 0.691. The smallest absolute Gasteiger partial charge is 0.319 e. The molecule has 0 saturated heterocycles. The number of aliphatic hydroxyl groups excluding tert-OH is 1. The molecule has 0 aromatic heterocycles. The molecule has 22 heavy (non-hydrogen) atoms. The number of carbonyl (C=O) groups is 1. The van der Waals surface area contributed by atoms with Crippen LogP contribution in [0.2, 0.25) is 0 Å². The molecule has 3 N–H and O–H groups in total. The number of para-hydroxylation sites is 1. The van der Waals surface area contributed by atoms with Gasteiger partial charge < -0.3 is 20.5 Å². The van der Waals surface area contributed by atoms with Gasteiger partial charge >= 0.3 is 6.03 Å². The zero-order chi connectivity index (χ0) is 15.9. The topological polar surface area (TPSA) is 70.6 Å². The third-order valence-corrected chi connectivity index (χ3v) is 3.84. The van der Waals surface area contributed by atoms with Crippen LogP contribution in [0, 0.1) is 12.8 Å². The van der Waals surface area contributed by atoms with Crippen LogP contribution < -0.4 is 10.6 Å². The van der Waals surface area contributed by atoms with Crippen molar-refractivity contribution in [3.8, 4) is 0 Å². The second-order valence-corrected chi connectivity index (χ2v) is 5.93. The van der Waals surface area contributed by atoms with E-state index in [0.29, 0.717) is 12.5 Å². The molecule has 1 unspecified atom stereocenters. The molecule has 0 aliphatic heterocycles. The van der Waals surface area contributed by atoms with E-state index in [1.165, 1.54) is 12.8 Å². The summed E-state index contributed by atoms with van der Waals surface area (Å²) in [7, 11) is 0. The van der Waals surface area contributed by atoms with Crippen LogP contribution in [0.3, 0.4) is 0 Å². The van der Waals surface area contributed by atoms with E-state index in [-0.39, 0.29) is 19.2 Å². The van der Waals surface area contributed by atoms with Gasteiger partial charge in [-0.1, -0.05) is 25.1 Å². The second-order valence-electron chi connectivity index (χ2n) is 5.93. The molecule has 1 fully saturated rings. The Kier molecular flexibility index (Phi) is 6.21. The summed E-state index contributed by atoms with van der Waals surface area (Å²) in [6.45, 7) is 5.19. The normalized spacial score (nSPS) is 15.4. The fraction of sp³-hybridized carbons (Fsp3) is 0.588. The van der Waals surface area contributed by atoms with Gasteiger partial charge in [0, 0.05) is 18.8 Å². The first-order valence-corrected chi connectivity index (χ1v) is 7.99. The highest BCUT2D eigenvalue weighted by atomic mass is 16.5. The van der Waals surface area contributed by atoms with Crippen molar-refractivity contribution in [2.45, 2.75) is 39.2 Å². The van der Waals surface area contributed by atoms with Crippen LogP contribution in [0.5, 0.6) is 0 Å². The fourth-order valence-corrected chi connectivity index (χ4v) is 2.28. The number of hydrogen-bond donors (Lipinski definition) is 3. The van der Waals surface area contributed by atoms with E-state index in [2.05, 4.69) is 17.6 Å². The van der Waals surface area contributed by atoms with E-state index >= 15 is 0 Å². The number of aryl methyl sites for hydroxylation is 2. The Morgan fingerprint density at radius 2 is 2.23 bits per heavy atom. The highest BCUT2D eigenvalue weighted by molar-refractivity contribution is 5.91. The first-order valence-electron chi connectivity index (χ1n) is 7.99. The van der Waals surface area contributed by atoms with Crippen LogP contribution in [0.4, 0.5) is 10.5 Å². The molecule has 0 heterocycles. The van der Waals surface area contributed by atoms with E-state index in [4.69, 9.17) is 4.74 Å². The van der Waals surface area contributed by atoms with Crippen molar-refractivity contribution in [2.24, 2.45) is 5.92 Å². The maximum atomic E-state index is 12.0. The largest absolute Gasteiger partial charge is 0.389 e. The van der Waals surface area contributed by atoms with Crippen molar-refractivity contribution >= 4 is 11.7 Å². The van der Waals surface area contributed by atoms with E-state index < -0.39 is 6.10 Å². The maximum Gasteiger partial charge on any atom is 0.319 e. The standard InChI is InChI=1S/C17H26N2O3/c1-3-14-6-4-5-12(2)16(14)19-17(21)18-9-15(20)11-22-10-13-7-8-13/h4-6,13,15,20H,3,7-11H2,1-2H3,(H2,18,19,21). The summed E-state index contributed by atoms with van der Waals surface area (Å²) in [5.74, 6) is 0.678. The molecule has 1 aromatic rings. The molecular weight excluding hydrogens is 280 g/mol. The maximum absolute atomic E-state index is 12.0. The SMILES string of the molecule is CCc1cccc(C)c1NC(=O)NCC(O)COCC1CC1. The monoisotopic (exact) mass is 306 g/mol. The first kappa shape index (κ1) is 16.8. The highest BCUT2D eigenvalue weighted by Crippen LogP contribution is 2.28. The Morgan fingerprint density at radius 1 is 1.45 bits per heavy atom. The number of rotatable bonds is 8. The summed E-state index contributed by atoms with van der Waals surface area (Å²) in [5, 5.41) is 15.3. The minimum atomic E-state index is -0.674. The van der Waals surface area contributed by atoms with E-state index in [1.807, 2.05) is 25.1 Å². The van der Waals surface area contributed by atoms with Crippen molar-refractivity contribution in [1.82, 2.24) is 5.32 Å². The minimum Gasteiger partial charge on any atom is -0.389 e. The molecule has 1 aromatic carbocycles. The predicted octanol–water partition coefficient (Wildman–Crippen LogP) is 2.47. The van der Waals surface area contributed by atoms with Gasteiger partial charge in [-0.15, -0.1) is 0 Å². The molecule has 5 heteroatoms. The van der Waals surface area contributed by atoms with Crippen LogP contribution in [0.15, 0.2) is 18.2 Å². The summed E-state index contributed by atoms with van der Waals surface area (Å²) in [6, 6.07) is 5.65. The lowest BCUT2D eigenvalue weighted by atomic mass is 10.1. The van der Waals surface area contributed by atoms with Crippen LogP contribution >= 0.6 is 0 Å². The molecule has 1 atom stereocenters. The molecule has 5 nitrogen and oxygen atoms in total. The van der Waals surface area contributed by atoms with Gasteiger partial charge in [-0.3, -0.25) is 0 Å². The summed E-state index contributed by atoms with van der Waals surface area (Å²) >= 11 is 0. The van der Waals surface area contributed by atoms with Crippen molar-refractivity contribution in [2.75, 3.05) is 25.1 Å². The third kappa shape index (κ3) is 5.31. The van der Waals surface area contributed by atoms with Crippen molar-refractivity contribution in [3.05, 3.63) is 29.3 Å². The first-order chi connectivity index (χ1) is 10.6. The molecule has 1 aliphatic rings. The molecule has 2 amide bonds. The van der Waals surface area contributed by atoms with Crippen LogP contribution in [-0.4, -0.2) is 37.0 Å². The second kappa shape index (κ2) is 8.15. The third-order valence-electron chi connectivity index (χ3n) is 3.84. The molecule has 0 radical (unpaired) electrons. The Bertz CT molecular complexity index is 501. The number of aliphatic hydroxyl groups is 1. The lowest BCUT2D eigenvalue weighted by Gasteiger charge is -2.15. The van der Waals surface area contributed by atoms with Crippen molar-refractivity contribution < 1.29 is 14.6 Å². The number of carbonyl (C=O) groups excluding carboxylic acids is 1. The average Bonchev–Trinajstić information content (AvgIpc) is 3.31. The van der Waals surface area contributed by atoms with Crippen LogP contribution in [-0.2, 0) is 11.2 Å². The van der Waals surface area contributed by atoms with Gasteiger partial charge in [0.15, 0.2) is 0 Å². The molecule has 1 aliphatic carbocycles. The van der Waals surface area contributed by atoms with Gasteiger partial charge in [0.2, 0.25) is 0 Å². The Balaban J connectivity index is 1.72. The summed E-state index contributed by atoms with van der Waals surface area (Å²) in [5.41, 5.74) is 2.98. The van der Waals surface area contributed by atoms with Gasteiger partial charge in [0.1, 0.15) is 0 Å². The zero-order valence-corrected chi connectivity index (χ0v) is 13.4. The van der Waals surface area contributed by atoms with Gasteiger partial charge in [-0.25, -0.2) is 4.79 Å². The molecule has 0 spiro atoms. The number of amides is 2. The lowest BCUT2D eigenvalue weighted by Crippen LogP contribution is -2.37. The van der Waals surface area contributed by atoms with Gasteiger partial charge in [0.05, 0.1) is 12.7 Å². The molecular formula is C17H26N2O3. The number of ether oxygens (including phenoxy) is 1. The molecule has 1 saturated carbocycles. The number of anilines is 1. The Morgan fingerprint density at radius 3 is 2.91 bits per heavy atom. The summed E-state index contributed by atoms with van der Waals surface area (Å²) in [4.78, 5) is 12.0. The number of urea groups is 1. The molecule has 122 valence electrons. The minimum absolute atomic E-state index is 0.184. The Hall–Kier alpha value is -1.59. The zero-order valence-electron chi connectivity index (χ0n) is 13.4. The molecule has 0 bridgehead atoms. The summed E-state index contributed by atoms with van der Waals surface area (Å²) < 4.78 is 5.40. The number of hydrogen-bond acceptors (Lipinski definition) is 3. The number of benzene rings is 1. The Labute approximate surface area is 132 Å². The van der Waals surface area contributed by atoms with E-state index in [9.17, 15) is 9.90 Å². The van der Waals surface area contributed by atoms with Crippen LogP contribution in [0.1, 0.15) is 30.9 Å². The van der Waals surface area contributed by atoms with Gasteiger partial charge in [-0.05, 0) is 43.2 Å². The van der Waals surface area contributed by atoms with Gasteiger partial charge in [0.25, 0.3) is 0 Å².